The number of aromatic nitrogens is 4. The van der Waals surface area contributed by atoms with E-state index in [1.54, 1.807) is 6.07 Å². The Morgan fingerprint density at radius 2 is 2.31 bits per heavy atom. The molecule has 0 aliphatic heterocycles. The number of methoxy groups -OCH3 is 1. The highest BCUT2D eigenvalue weighted by Gasteiger charge is 2.06. The minimum atomic E-state index is 0.348. The van der Waals surface area contributed by atoms with E-state index in [0.717, 1.165) is 0 Å². The largest absolute Gasteiger partial charge is 0.481 e. The second-order valence-electron chi connectivity index (χ2n) is 2.19. The third-order valence-electron chi connectivity index (χ3n) is 1.43. The Labute approximate surface area is 73.6 Å². The molecule has 0 bridgehead atoms. The minimum Gasteiger partial charge on any atom is -0.481 e. The summed E-state index contributed by atoms with van der Waals surface area (Å²) in [6, 6.07) is 1.62. The summed E-state index contributed by atoms with van der Waals surface area (Å²) in [4.78, 5) is 7.79. The van der Waals surface area contributed by atoms with Crippen LogP contribution in [0.2, 0.25) is 0 Å². The van der Waals surface area contributed by atoms with E-state index in [1.165, 1.54) is 19.8 Å². The van der Waals surface area contributed by atoms with Crippen LogP contribution in [0.3, 0.4) is 0 Å². The van der Waals surface area contributed by atoms with Crippen LogP contribution in [0.25, 0.3) is 11.6 Å². The number of nitrogens with zero attached hydrogens (tertiary/aromatic N) is 4. The van der Waals surface area contributed by atoms with Crippen molar-refractivity contribution in [1.29, 1.82) is 0 Å². The lowest BCUT2D eigenvalue weighted by Crippen LogP contribution is -1.90. The van der Waals surface area contributed by atoms with Crippen LogP contribution >= 0.6 is 0 Å². The first-order chi connectivity index (χ1) is 6.40. The van der Waals surface area contributed by atoms with Gasteiger partial charge in [-0.05, 0) is 0 Å². The van der Waals surface area contributed by atoms with Crippen molar-refractivity contribution in [2.45, 2.75) is 0 Å². The van der Waals surface area contributed by atoms with Crippen LogP contribution in [0.4, 0.5) is 0 Å². The molecule has 13 heavy (non-hydrogen) atoms. The Balaban J connectivity index is 2.41. The van der Waals surface area contributed by atoms with E-state index in [0.29, 0.717) is 17.5 Å². The summed E-state index contributed by atoms with van der Waals surface area (Å²) in [7, 11) is 1.53. The second-order valence-corrected chi connectivity index (χ2v) is 2.19. The fourth-order valence-corrected chi connectivity index (χ4v) is 0.853. The first kappa shape index (κ1) is 7.66. The molecular formula is C7H6N4O2. The number of rotatable bonds is 2. The van der Waals surface area contributed by atoms with Gasteiger partial charge in [0.1, 0.15) is 12.0 Å². The molecule has 2 aromatic heterocycles. The Morgan fingerprint density at radius 3 is 3.00 bits per heavy atom. The molecule has 0 aromatic carbocycles. The zero-order chi connectivity index (χ0) is 9.10. The molecule has 0 saturated carbocycles. The van der Waals surface area contributed by atoms with E-state index < -0.39 is 0 Å². The van der Waals surface area contributed by atoms with Crippen LogP contribution in [0.5, 0.6) is 5.88 Å². The molecule has 0 atom stereocenters. The monoisotopic (exact) mass is 178 g/mol. The maximum absolute atomic E-state index is 4.95. The van der Waals surface area contributed by atoms with Crippen molar-refractivity contribution in [2.24, 2.45) is 0 Å². The van der Waals surface area contributed by atoms with Gasteiger partial charge in [-0.1, -0.05) is 0 Å². The summed E-state index contributed by atoms with van der Waals surface area (Å²) in [6.45, 7) is 0. The highest BCUT2D eigenvalue weighted by Crippen LogP contribution is 2.15. The molecule has 2 rings (SSSR count). The zero-order valence-corrected chi connectivity index (χ0v) is 6.84. The summed E-state index contributed by atoms with van der Waals surface area (Å²) in [6.07, 6.45) is 2.61. The first-order valence-corrected chi connectivity index (χ1v) is 3.52. The topological polar surface area (TPSA) is 73.9 Å². The molecule has 6 nitrogen and oxygen atoms in total. The van der Waals surface area contributed by atoms with Crippen molar-refractivity contribution in [3.05, 3.63) is 18.8 Å². The fraction of sp³-hybridized carbons (Fsp3) is 0.143. The van der Waals surface area contributed by atoms with E-state index in [1.807, 2.05) is 0 Å². The van der Waals surface area contributed by atoms with Gasteiger partial charge in [0.05, 0.1) is 7.11 Å². The molecule has 0 aliphatic carbocycles. The lowest BCUT2D eigenvalue weighted by Gasteiger charge is -1.97. The second kappa shape index (κ2) is 3.18. The normalized spacial score (nSPS) is 9.92. The number of hydrogen-bond acceptors (Lipinski definition) is 6. The van der Waals surface area contributed by atoms with Crippen LogP contribution in [-0.4, -0.2) is 27.3 Å². The van der Waals surface area contributed by atoms with Crippen LogP contribution in [0.1, 0.15) is 0 Å². The van der Waals surface area contributed by atoms with Crippen LogP contribution in [0, 0.1) is 0 Å². The zero-order valence-electron chi connectivity index (χ0n) is 6.84. The smallest absolute Gasteiger partial charge is 0.266 e. The molecule has 0 N–H and O–H groups in total. The summed E-state index contributed by atoms with van der Waals surface area (Å²) >= 11 is 0. The van der Waals surface area contributed by atoms with Crippen molar-refractivity contribution in [3.63, 3.8) is 0 Å². The molecule has 0 fully saturated rings. The Morgan fingerprint density at radius 1 is 1.38 bits per heavy atom. The molecule has 2 heterocycles. The van der Waals surface area contributed by atoms with Crippen LogP contribution in [0.15, 0.2) is 23.2 Å². The average Bonchev–Trinajstić information content (AvgIpc) is 2.71. The molecule has 0 unspecified atom stereocenters. The Hall–Kier alpha value is -1.98. The number of hydrogen-bond donors (Lipinski definition) is 0. The van der Waals surface area contributed by atoms with Crippen molar-refractivity contribution in [1.82, 2.24) is 20.2 Å². The van der Waals surface area contributed by atoms with Crippen LogP contribution < -0.4 is 4.74 Å². The molecule has 0 spiro atoms. The van der Waals surface area contributed by atoms with E-state index in [-0.39, 0.29) is 0 Å². The molecule has 0 radical (unpaired) electrons. The minimum absolute atomic E-state index is 0.348. The summed E-state index contributed by atoms with van der Waals surface area (Å²) in [5.74, 6) is 0.809. The lowest BCUT2D eigenvalue weighted by atomic mass is 10.4. The van der Waals surface area contributed by atoms with Crippen LogP contribution in [-0.2, 0) is 0 Å². The molecular weight excluding hydrogens is 172 g/mol. The molecule has 6 heteroatoms. The SMILES string of the molecule is COc1cc(-c2nnco2)ncn1. The van der Waals surface area contributed by atoms with Gasteiger partial charge in [0.25, 0.3) is 5.89 Å². The van der Waals surface area contributed by atoms with Crippen molar-refractivity contribution >= 4 is 0 Å². The molecule has 2 aromatic rings. The quantitative estimate of drug-likeness (QED) is 0.667. The molecule has 66 valence electrons. The van der Waals surface area contributed by atoms with Gasteiger partial charge in [-0.15, -0.1) is 10.2 Å². The summed E-state index contributed by atoms with van der Waals surface area (Å²) in [5.41, 5.74) is 0.546. The van der Waals surface area contributed by atoms with Gasteiger partial charge in [0.15, 0.2) is 0 Å². The van der Waals surface area contributed by atoms with Gasteiger partial charge in [0.2, 0.25) is 12.3 Å². The highest BCUT2D eigenvalue weighted by atomic mass is 16.5. The predicted octanol–water partition coefficient (Wildman–Crippen LogP) is 0.535. The molecule has 0 aliphatic rings. The van der Waals surface area contributed by atoms with Gasteiger partial charge < -0.3 is 9.15 Å². The third kappa shape index (κ3) is 1.46. The van der Waals surface area contributed by atoms with Crippen molar-refractivity contribution in [3.8, 4) is 17.5 Å². The lowest BCUT2D eigenvalue weighted by molar-refractivity contribution is 0.396. The Kier molecular flexibility index (Phi) is 1.87. The maximum atomic E-state index is 4.95. The first-order valence-electron chi connectivity index (χ1n) is 3.52. The van der Waals surface area contributed by atoms with E-state index in [4.69, 9.17) is 9.15 Å². The van der Waals surface area contributed by atoms with E-state index >= 15 is 0 Å². The van der Waals surface area contributed by atoms with Gasteiger partial charge in [-0.2, -0.15) is 0 Å². The Bertz CT molecular complexity index is 387. The standard InChI is InChI=1S/C7H6N4O2/c1-12-6-2-5(8-3-9-6)7-11-10-4-13-7/h2-4H,1H3. The number of ether oxygens (including phenoxy) is 1. The van der Waals surface area contributed by atoms with Gasteiger partial charge in [-0.25, -0.2) is 9.97 Å². The van der Waals surface area contributed by atoms with Gasteiger partial charge >= 0.3 is 0 Å². The molecule has 0 saturated heterocycles. The highest BCUT2D eigenvalue weighted by molar-refractivity contribution is 5.46. The predicted molar refractivity (Wildman–Crippen MR) is 41.9 cm³/mol. The maximum Gasteiger partial charge on any atom is 0.266 e. The summed E-state index contributed by atoms with van der Waals surface area (Å²) in [5, 5.41) is 7.24. The van der Waals surface area contributed by atoms with Gasteiger partial charge in [0, 0.05) is 6.07 Å². The fourth-order valence-electron chi connectivity index (χ4n) is 0.853. The van der Waals surface area contributed by atoms with E-state index in [9.17, 15) is 0 Å². The van der Waals surface area contributed by atoms with E-state index in [2.05, 4.69) is 20.2 Å². The third-order valence-corrected chi connectivity index (χ3v) is 1.43. The summed E-state index contributed by atoms with van der Waals surface area (Å²) < 4.78 is 9.86. The van der Waals surface area contributed by atoms with Crippen molar-refractivity contribution < 1.29 is 9.15 Å². The van der Waals surface area contributed by atoms with Gasteiger partial charge in [-0.3, -0.25) is 0 Å². The molecule has 0 amide bonds. The van der Waals surface area contributed by atoms with Crippen molar-refractivity contribution in [2.75, 3.05) is 7.11 Å². The average molecular weight is 178 g/mol.